The fourth-order valence-electron chi connectivity index (χ4n) is 1.94. The molecule has 0 aromatic carbocycles. The van der Waals surface area contributed by atoms with E-state index >= 15 is 0 Å². The van der Waals surface area contributed by atoms with Crippen LogP contribution in [0.25, 0.3) is 0 Å². The van der Waals surface area contributed by atoms with Crippen molar-refractivity contribution in [2.75, 3.05) is 50.8 Å². The minimum atomic E-state index is -0.105. The molecule has 0 aromatic heterocycles. The Morgan fingerprint density at radius 2 is 1.42 bits per heavy atom. The van der Waals surface area contributed by atoms with Crippen LogP contribution in [0.3, 0.4) is 0 Å². The van der Waals surface area contributed by atoms with Crippen LogP contribution >= 0.6 is 11.8 Å². The van der Waals surface area contributed by atoms with E-state index in [1.54, 1.807) is 33.7 Å². The van der Waals surface area contributed by atoms with E-state index < -0.39 is 0 Å². The Balaban J connectivity index is 4.04. The Labute approximate surface area is 151 Å². The van der Waals surface area contributed by atoms with Crippen molar-refractivity contribution >= 4 is 38.9 Å². The molecule has 0 aromatic rings. The molecule has 0 saturated carbocycles. The van der Waals surface area contributed by atoms with Gasteiger partial charge in [0.15, 0.2) is 0 Å². The molecule has 0 aliphatic heterocycles. The normalized spacial score (nSPS) is 9.75. The summed E-state index contributed by atoms with van der Waals surface area (Å²) in [6, 6.07) is 0. The molecule has 0 atom stereocenters. The van der Waals surface area contributed by atoms with Crippen LogP contribution in [0, 0.1) is 0 Å². The molecule has 9 heteroatoms. The third-order valence-corrected chi connectivity index (χ3v) is 4.13. The maximum atomic E-state index is 11.8. The van der Waals surface area contributed by atoms with Crippen molar-refractivity contribution in [2.24, 2.45) is 9.79 Å². The molecule has 0 N–H and O–H groups in total. The van der Waals surface area contributed by atoms with Gasteiger partial charge in [-0.05, 0) is 0 Å². The first-order valence-electron chi connectivity index (χ1n) is 7.69. The van der Waals surface area contributed by atoms with E-state index in [1.165, 1.54) is 0 Å². The molecule has 6 nitrogen and oxygen atoms in total. The summed E-state index contributed by atoms with van der Waals surface area (Å²) in [6.45, 7) is 9.50. The van der Waals surface area contributed by atoms with Gasteiger partial charge < -0.3 is 0 Å². The molecule has 0 aliphatic carbocycles. The van der Waals surface area contributed by atoms with E-state index in [0.717, 1.165) is 17.9 Å². The number of carbonyl (C=O) groups is 2. The van der Waals surface area contributed by atoms with Crippen molar-refractivity contribution in [3.8, 4) is 0 Å². The van der Waals surface area contributed by atoms with Crippen LogP contribution in [0.2, 0.25) is 0 Å². The van der Waals surface area contributed by atoms with Crippen LogP contribution in [-0.4, -0.2) is 87.7 Å². The summed E-state index contributed by atoms with van der Waals surface area (Å²) in [5.74, 6) is 1.48. The zero-order valence-corrected chi connectivity index (χ0v) is 14.9. The van der Waals surface area contributed by atoms with Gasteiger partial charge in [0.05, 0.1) is 0 Å². The molecule has 0 heterocycles. The van der Waals surface area contributed by atoms with Gasteiger partial charge in [0.2, 0.25) is 0 Å². The Kier molecular flexibility index (Phi) is 14.1. The molecular formula is C15H24B2N4O2S. The molecule has 0 fully saturated rings. The van der Waals surface area contributed by atoms with Crippen LogP contribution < -0.4 is 0 Å². The van der Waals surface area contributed by atoms with E-state index in [-0.39, 0.29) is 24.9 Å². The summed E-state index contributed by atoms with van der Waals surface area (Å²) in [5.41, 5.74) is 0. The summed E-state index contributed by atoms with van der Waals surface area (Å²) >= 11 is 1.73. The van der Waals surface area contributed by atoms with E-state index in [0.29, 0.717) is 26.2 Å². The van der Waals surface area contributed by atoms with Crippen LogP contribution in [0.5, 0.6) is 0 Å². The summed E-state index contributed by atoms with van der Waals surface area (Å²) in [4.78, 5) is 33.6. The van der Waals surface area contributed by atoms with Crippen molar-refractivity contribution in [2.45, 2.75) is 6.42 Å². The zero-order chi connectivity index (χ0) is 18.2. The van der Waals surface area contributed by atoms with Crippen molar-refractivity contribution in [1.29, 1.82) is 0 Å². The van der Waals surface area contributed by atoms with Gasteiger partial charge in [-0.3, -0.25) is 0 Å². The molecule has 24 heavy (non-hydrogen) atoms. The predicted octanol–water partition coefficient (Wildman–Crippen LogP) is 0.843. The first-order chi connectivity index (χ1) is 11.6. The van der Waals surface area contributed by atoms with Crippen molar-refractivity contribution < 1.29 is 9.59 Å². The fraction of sp³-hybridized carbons (Fsp3) is 0.600. The number of rotatable bonds is 15. The Hall–Kier alpha value is -1.50. The fourth-order valence-corrected chi connectivity index (χ4v) is 2.82. The number of nitrogens with zero attached hydrogens (tertiary/aromatic N) is 4. The van der Waals surface area contributed by atoms with E-state index in [9.17, 15) is 9.59 Å². The number of hydrogen-bond acceptors (Lipinski definition) is 5. The van der Waals surface area contributed by atoms with E-state index in [2.05, 4.69) is 22.9 Å². The molecule has 2 radical (unpaired) electrons. The minimum absolute atomic E-state index is 0.00813. The van der Waals surface area contributed by atoms with Crippen LogP contribution in [-0.2, 0) is 9.59 Å². The number of carbonyl (C=O) groups excluding carboxylic acids is 2. The van der Waals surface area contributed by atoms with Gasteiger partial charge in [-0.2, -0.15) is 0 Å². The van der Waals surface area contributed by atoms with Gasteiger partial charge in [0, 0.05) is 0 Å². The zero-order valence-electron chi connectivity index (χ0n) is 14.1. The second kappa shape index (κ2) is 15.1. The SMILES string of the molecule is [B]=NCC(=O)N(CC=C)CCCSCCN(CC=C)C(=O)CN=[B]. The topological polar surface area (TPSA) is 65.3 Å². The maximum absolute atomic E-state index is 11.8. The first kappa shape index (κ1) is 22.5. The van der Waals surface area contributed by atoms with Gasteiger partial charge in [-0.25, -0.2) is 0 Å². The molecule has 0 bridgehead atoms. The monoisotopic (exact) mass is 346 g/mol. The van der Waals surface area contributed by atoms with Crippen molar-refractivity contribution in [3.05, 3.63) is 25.3 Å². The quantitative estimate of drug-likeness (QED) is 0.251. The van der Waals surface area contributed by atoms with Gasteiger partial charge in [-0.1, -0.05) is 0 Å². The molecule has 128 valence electrons. The Bertz CT molecular complexity index is 409. The van der Waals surface area contributed by atoms with Gasteiger partial charge >= 0.3 is 151 Å². The average molecular weight is 346 g/mol. The van der Waals surface area contributed by atoms with Crippen LogP contribution in [0.4, 0.5) is 0 Å². The molecular weight excluding hydrogens is 322 g/mol. The summed E-state index contributed by atoms with van der Waals surface area (Å²) in [6.07, 6.45) is 4.21. The van der Waals surface area contributed by atoms with E-state index in [1.807, 2.05) is 0 Å². The molecule has 0 spiro atoms. The van der Waals surface area contributed by atoms with E-state index in [4.69, 9.17) is 15.3 Å². The van der Waals surface area contributed by atoms with Crippen LogP contribution in [0.1, 0.15) is 6.42 Å². The van der Waals surface area contributed by atoms with Gasteiger partial charge in [0.25, 0.3) is 0 Å². The summed E-state index contributed by atoms with van der Waals surface area (Å²) < 4.78 is 0. The summed E-state index contributed by atoms with van der Waals surface area (Å²) in [7, 11) is 10.1. The first-order valence-corrected chi connectivity index (χ1v) is 8.84. The Morgan fingerprint density at radius 1 is 0.917 bits per heavy atom. The third-order valence-electron chi connectivity index (χ3n) is 3.08. The predicted molar refractivity (Wildman–Crippen MR) is 102 cm³/mol. The third kappa shape index (κ3) is 10.3. The van der Waals surface area contributed by atoms with Crippen molar-refractivity contribution in [1.82, 2.24) is 9.80 Å². The number of hydrogen-bond donors (Lipinski definition) is 0. The second-order valence-electron chi connectivity index (χ2n) is 4.90. The summed E-state index contributed by atoms with van der Waals surface area (Å²) in [5, 5.41) is 0. The second-order valence-corrected chi connectivity index (χ2v) is 6.13. The molecule has 0 unspecified atom stereocenters. The average Bonchev–Trinajstić information content (AvgIpc) is 2.56. The van der Waals surface area contributed by atoms with Gasteiger partial charge in [0.1, 0.15) is 0 Å². The molecule has 0 rings (SSSR count). The molecule has 2 amide bonds. The number of amides is 2. The Morgan fingerprint density at radius 3 is 1.88 bits per heavy atom. The van der Waals surface area contributed by atoms with Gasteiger partial charge in [-0.15, -0.1) is 0 Å². The molecule has 0 saturated heterocycles. The molecule has 0 aliphatic rings. The standard InChI is InChI=1S/C15H24B2N4O2S/c1-3-6-20(14(22)12-18-16)8-5-10-24-11-9-21(7-4-2)15(23)13-19-17/h3-4H,1-2,5-13H2. The van der Waals surface area contributed by atoms with Crippen LogP contribution in [0.15, 0.2) is 35.1 Å². The van der Waals surface area contributed by atoms with Crippen molar-refractivity contribution in [3.63, 3.8) is 0 Å². The number of thioether (sulfide) groups is 1.